The topological polar surface area (TPSA) is 124 Å². The van der Waals surface area contributed by atoms with Crippen molar-refractivity contribution in [1.29, 1.82) is 0 Å². The molecular weight excluding hydrogens is 512 g/mol. The van der Waals surface area contributed by atoms with Gasteiger partial charge in [-0.3, -0.25) is 24.3 Å². The smallest absolute Gasteiger partial charge is 0.333 e. The molecule has 0 aliphatic carbocycles. The van der Waals surface area contributed by atoms with Crippen LogP contribution >= 0.6 is 11.3 Å². The summed E-state index contributed by atoms with van der Waals surface area (Å²) in [7, 11) is 0. The zero-order chi connectivity index (χ0) is 27.2. The Balaban J connectivity index is 1.71. The molecule has 12 heteroatoms. The number of hydrogen-bond donors (Lipinski definition) is 0. The third kappa shape index (κ3) is 6.48. The second-order valence-corrected chi connectivity index (χ2v) is 10.5. The highest BCUT2D eigenvalue weighted by Gasteiger charge is 2.23. The Morgan fingerprint density at radius 3 is 2.58 bits per heavy atom. The fraction of sp³-hybridized carbons (Fsp3) is 0.500. The minimum absolute atomic E-state index is 0.0645. The van der Waals surface area contributed by atoms with Gasteiger partial charge in [-0.1, -0.05) is 13.0 Å². The molecule has 38 heavy (non-hydrogen) atoms. The number of hydrogen-bond acceptors (Lipinski definition) is 9. The van der Waals surface area contributed by atoms with Gasteiger partial charge in [0, 0.05) is 32.2 Å². The summed E-state index contributed by atoms with van der Waals surface area (Å²) in [5, 5.41) is 11.8. The molecule has 1 aromatic heterocycles. The molecule has 0 saturated carbocycles. The number of morpholine rings is 1. The third-order valence-electron chi connectivity index (χ3n) is 6.74. The van der Waals surface area contributed by atoms with E-state index in [1.165, 1.54) is 16.7 Å². The maximum atomic E-state index is 13.4. The molecule has 2 aliphatic heterocycles. The summed E-state index contributed by atoms with van der Waals surface area (Å²) in [6.45, 7) is 7.17. The van der Waals surface area contributed by atoms with Gasteiger partial charge in [-0.2, -0.15) is 0 Å². The quantitative estimate of drug-likeness (QED) is 0.288. The summed E-state index contributed by atoms with van der Waals surface area (Å²) in [6.07, 6.45) is 4.58. The maximum absolute atomic E-state index is 13.4. The number of nitrogens with zero attached hydrogens (tertiary/aromatic N) is 4. The number of nitro groups is 1. The number of nitro benzene ring substituents is 1. The minimum Gasteiger partial charge on any atom is -0.463 e. The molecule has 2 aromatic rings. The molecule has 0 spiro atoms. The lowest BCUT2D eigenvalue weighted by Crippen LogP contribution is -2.43. The van der Waals surface area contributed by atoms with Crippen molar-refractivity contribution in [1.82, 2.24) is 9.47 Å². The van der Waals surface area contributed by atoms with Crippen molar-refractivity contribution in [3.05, 3.63) is 53.4 Å². The normalized spacial score (nSPS) is 17.6. The molecule has 4 rings (SSSR count). The lowest BCUT2D eigenvalue weighted by atomic mass is 9.99. The Labute approximate surface area is 223 Å². The number of amides is 1. The number of piperidine rings is 1. The van der Waals surface area contributed by atoms with E-state index < -0.39 is 16.5 Å². The maximum Gasteiger partial charge on any atom is 0.333 e. The van der Waals surface area contributed by atoms with Crippen molar-refractivity contribution < 1.29 is 24.0 Å². The van der Waals surface area contributed by atoms with E-state index in [1.807, 2.05) is 4.90 Å². The van der Waals surface area contributed by atoms with Crippen LogP contribution in [0.15, 0.2) is 23.0 Å². The van der Waals surface area contributed by atoms with Crippen molar-refractivity contribution in [3.8, 4) is 0 Å². The predicted octanol–water partition coefficient (Wildman–Crippen LogP) is 1.09. The monoisotopic (exact) mass is 544 g/mol. The van der Waals surface area contributed by atoms with E-state index in [1.54, 1.807) is 30.0 Å². The molecular formula is C26H32N4O7S. The van der Waals surface area contributed by atoms with Crippen molar-refractivity contribution in [2.75, 3.05) is 50.9 Å². The number of carbonyl (C=O) groups is 2. The average Bonchev–Trinajstić information content (AvgIpc) is 3.18. The number of carbonyl (C=O) groups excluding carboxylic acids is 2. The van der Waals surface area contributed by atoms with E-state index in [9.17, 15) is 24.5 Å². The number of benzene rings is 1. The predicted molar refractivity (Wildman–Crippen MR) is 144 cm³/mol. The first kappa shape index (κ1) is 27.5. The number of rotatable bonds is 7. The van der Waals surface area contributed by atoms with Gasteiger partial charge in [0.15, 0.2) is 0 Å². The number of thiazole rings is 1. The molecule has 204 valence electrons. The van der Waals surface area contributed by atoms with Crippen LogP contribution in [-0.4, -0.2) is 72.3 Å². The second kappa shape index (κ2) is 12.4. The number of likely N-dealkylation sites (tertiary alicyclic amines) is 1. The molecule has 1 aromatic carbocycles. The van der Waals surface area contributed by atoms with Crippen LogP contribution in [0.25, 0.3) is 12.2 Å². The van der Waals surface area contributed by atoms with Gasteiger partial charge in [0.05, 0.1) is 35.4 Å². The van der Waals surface area contributed by atoms with Crippen molar-refractivity contribution in [2.24, 2.45) is 5.92 Å². The van der Waals surface area contributed by atoms with Gasteiger partial charge < -0.3 is 19.3 Å². The van der Waals surface area contributed by atoms with Crippen molar-refractivity contribution >= 4 is 46.7 Å². The molecule has 0 unspecified atom stereocenters. The van der Waals surface area contributed by atoms with Gasteiger partial charge in [0.2, 0.25) is 5.91 Å². The average molecular weight is 545 g/mol. The van der Waals surface area contributed by atoms with Gasteiger partial charge >= 0.3 is 5.97 Å². The van der Waals surface area contributed by atoms with E-state index in [0.717, 1.165) is 24.2 Å². The Hall–Kier alpha value is -3.51. The highest BCUT2D eigenvalue weighted by atomic mass is 32.1. The van der Waals surface area contributed by atoms with Crippen molar-refractivity contribution in [2.45, 2.75) is 33.2 Å². The second-order valence-electron chi connectivity index (χ2n) is 9.40. The zero-order valence-electron chi connectivity index (χ0n) is 21.6. The molecule has 0 bridgehead atoms. The van der Waals surface area contributed by atoms with Gasteiger partial charge in [0.25, 0.3) is 11.2 Å². The molecule has 2 aliphatic rings. The Bertz CT molecular complexity index is 1370. The first-order valence-corrected chi connectivity index (χ1v) is 13.6. The van der Waals surface area contributed by atoms with Crippen molar-refractivity contribution in [3.63, 3.8) is 0 Å². The minimum atomic E-state index is -0.612. The Kier molecular flexibility index (Phi) is 8.95. The van der Waals surface area contributed by atoms with Crippen LogP contribution in [0, 0.1) is 16.0 Å². The Morgan fingerprint density at radius 1 is 1.21 bits per heavy atom. The fourth-order valence-electron chi connectivity index (χ4n) is 4.57. The SMILES string of the molecule is CCOC(=O)/C=c1\s/c(=C/c2ccc(N3CCOCC3)c([N+](=O)[O-])c2)c(=O)n1CC(=O)N1CCC(C)CC1. The van der Waals surface area contributed by atoms with Crippen LogP contribution in [-0.2, 0) is 25.6 Å². The van der Waals surface area contributed by atoms with E-state index in [-0.39, 0.29) is 33.9 Å². The lowest BCUT2D eigenvalue weighted by molar-refractivity contribution is -0.384. The van der Waals surface area contributed by atoms with Gasteiger partial charge in [-0.05, 0) is 43.4 Å². The van der Waals surface area contributed by atoms with Crippen LogP contribution in [0.3, 0.4) is 0 Å². The largest absolute Gasteiger partial charge is 0.463 e. The molecule has 3 heterocycles. The van der Waals surface area contributed by atoms with E-state index >= 15 is 0 Å². The van der Waals surface area contributed by atoms with Crippen LogP contribution in [0.2, 0.25) is 0 Å². The Morgan fingerprint density at radius 2 is 1.92 bits per heavy atom. The number of aromatic nitrogens is 1. The van der Waals surface area contributed by atoms with Gasteiger partial charge in [-0.15, -0.1) is 11.3 Å². The summed E-state index contributed by atoms with van der Waals surface area (Å²) in [5.74, 6) is -0.248. The molecule has 2 fully saturated rings. The molecule has 11 nitrogen and oxygen atoms in total. The van der Waals surface area contributed by atoms with Gasteiger partial charge in [0.1, 0.15) is 16.9 Å². The zero-order valence-corrected chi connectivity index (χ0v) is 22.4. The molecule has 0 N–H and O–H groups in total. The van der Waals surface area contributed by atoms with E-state index in [2.05, 4.69) is 6.92 Å². The highest BCUT2D eigenvalue weighted by Crippen LogP contribution is 2.30. The third-order valence-corrected chi connectivity index (χ3v) is 7.80. The van der Waals surface area contributed by atoms with Gasteiger partial charge in [-0.25, -0.2) is 4.79 Å². The van der Waals surface area contributed by atoms with E-state index in [0.29, 0.717) is 56.6 Å². The van der Waals surface area contributed by atoms with Crippen LogP contribution in [0.1, 0.15) is 32.3 Å². The molecule has 0 atom stereocenters. The lowest BCUT2D eigenvalue weighted by Gasteiger charge is -2.30. The molecule has 1 amide bonds. The summed E-state index contributed by atoms with van der Waals surface area (Å²) in [5.41, 5.74) is 0.463. The van der Waals surface area contributed by atoms with Crippen LogP contribution in [0.5, 0.6) is 0 Å². The number of anilines is 1. The molecule has 0 radical (unpaired) electrons. The fourth-order valence-corrected chi connectivity index (χ4v) is 5.60. The first-order chi connectivity index (χ1) is 18.3. The first-order valence-electron chi connectivity index (χ1n) is 12.8. The summed E-state index contributed by atoms with van der Waals surface area (Å²) < 4.78 is 12.2. The number of ether oxygens (including phenoxy) is 2. The van der Waals surface area contributed by atoms with E-state index in [4.69, 9.17) is 9.47 Å². The van der Waals surface area contributed by atoms with Crippen LogP contribution in [0.4, 0.5) is 11.4 Å². The molecule has 2 saturated heterocycles. The summed E-state index contributed by atoms with van der Waals surface area (Å²) >= 11 is 1.04. The standard InChI is InChI=1S/C26H32N4O7S/c1-3-37-25(32)16-24-29(17-23(31)28-8-6-18(2)7-9-28)26(33)22(38-24)15-19-4-5-20(21(14-19)30(34)35)27-10-12-36-13-11-27/h4-5,14-16,18H,3,6-13,17H2,1-2H3/b22-15+,24-16-. The summed E-state index contributed by atoms with van der Waals surface area (Å²) in [4.78, 5) is 53.6. The number of esters is 1. The summed E-state index contributed by atoms with van der Waals surface area (Å²) in [6, 6.07) is 4.83. The highest BCUT2D eigenvalue weighted by molar-refractivity contribution is 7.07. The van der Waals surface area contributed by atoms with Crippen LogP contribution < -0.4 is 19.7 Å².